The number of benzene rings is 1. The lowest BCUT2D eigenvalue weighted by atomic mass is 9.97. The Morgan fingerprint density at radius 3 is 2.57 bits per heavy atom. The van der Waals surface area contributed by atoms with Gasteiger partial charge in [0.05, 0.1) is 17.6 Å². The van der Waals surface area contributed by atoms with E-state index >= 15 is 0 Å². The van der Waals surface area contributed by atoms with Gasteiger partial charge in [-0.3, -0.25) is 4.72 Å². The van der Waals surface area contributed by atoms with Gasteiger partial charge in [0.15, 0.2) is 0 Å². The number of sulfonamides is 1. The third-order valence-corrected chi connectivity index (χ3v) is 6.25. The fraction of sp³-hybridized carbons (Fsp3) is 0.409. The first-order valence-corrected chi connectivity index (χ1v) is 11.7. The van der Waals surface area contributed by atoms with E-state index in [-0.39, 0.29) is 5.75 Å². The summed E-state index contributed by atoms with van der Waals surface area (Å²) in [5, 5.41) is 3.35. The average Bonchev–Trinajstić information content (AvgIpc) is 2.71. The van der Waals surface area contributed by atoms with Crippen LogP contribution in [-0.4, -0.2) is 25.7 Å². The van der Waals surface area contributed by atoms with E-state index < -0.39 is 10.0 Å². The normalized spacial score (nSPS) is 14.4. The van der Waals surface area contributed by atoms with Crippen molar-refractivity contribution in [2.75, 3.05) is 22.3 Å². The average molecular weight is 400 g/mol. The summed E-state index contributed by atoms with van der Waals surface area (Å²) >= 11 is 0. The van der Waals surface area contributed by atoms with Crippen molar-refractivity contribution in [3.63, 3.8) is 0 Å². The number of nitrogens with zero attached hydrogens (tertiary/aromatic N) is 1. The summed E-state index contributed by atoms with van der Waals surface area (Å²) in [5.41, 5.74) is 3.59. The fourth-order valence-electron chi connectivity index (χ4n) is 3.38. The summed E-state index contributed by atoms with van der Waals surface area (Å²) in [6.07, 6.45) is 11.4. The summed E-state index contributed by atoms with van der Waals surface area (Å²) in [6.45, 7) is 0.873. The van der Waals surface area contributed by atoms with Crippen LogP contribution in [0.3, 0.4) is 0 Å². The molecule has 0 spiro atoms. The Balaban J connectivity index is 1.41. The molecule has 0 saturated heterocycles. The van der Waals surface area contributed by atoms with E-state index in [9.17, 15) is 8.42 Å². The Kier molecular flexibility index (Phi) is 7.48. The number of nitrogens with one attached hydrogen (secondary N) is 2. The molecular weight excluding hydrogens is 370 g/mol. The van der Waals surface area contributed by atoms with Gasteiger partial charge in [0.25, 0.3) is 0 Å². The maximum absolute atomic E-state index is 12.2. The molecule has 2 N–H and O–H groups in total. The first kappa shape index (κ1) is 20.4. The minimum absolute atomic E-state index is 0.0820. The zero-order chi connectivity index (χ0) is 19.7. The quantitative estimate of drug-likeness (QED) is 0.565. The van der Waals surface area contributed by atoms with Gasteiger partial charge in [-0.2, -0.15) is 0 Å². The van der Waals surface area contributed by atoms with Crippen molar-refractivity contribution >= 4 is 21.5 Å². The van der Waals surface area contributed by atoms with Crippen molar-refractivity contribution in [1.29, 1.82) is 0 Å². The lowest BCUT2D eigenvalue weighted by molar-refractivity contribution is 0.598. The third-order valence-electron chi connectivity index (χ3n) is 4.91. The largest absolute Gasteiger partial charge is 0.383 e. The topological polar surface area (TPSA) is 71.1 Å². The number of hydrogen-bond acceptors (Lipinski definition) is 4. The van der Waals surface area contributed by atoms with Crippen LogP contribution in [0.2, 0.25) is 0 Å². The molecule has 1 aromatic carbocycles. The van der Waals surface area contributed by atoms with Crippen LogP contribution in [-0.2, 0) is 16.4 Å². The van der Waals surface area contributed by atoms with Gasteiger partial charge < -0.3 is 5.32 Å². The van der Waals surface area contributed by atoms with E-state index in [1.807, 2.05) is 36.4 Å². The van der Waals surface area contributed by atoms with Gasteiger partial charge in [-0.05, 0) is 62.6 Å². The molecule has 0 bridgehead atoms. The molecule has 1 aliphatic rings. The van der Waals surface area contributed by atoms with E-state index in [4.69, 9.17) is 0 Å². The zero-order valence-electron chi connectivity index (χ0n) is 16.2. The summed E-state index contributed by atoms with van der Waals surface area (Å²) in [5.74, 6) is 0.443. The van der Waals surface area contributed by atoms with Crippen LogP contribution in [0.25, 0.3) is 0 Å². The van der Waals surface area contributed by atoms with Crippen molar-refractivity contribution in [3.05, 3.63) is 65.9 Å². The molecule has 6 heteroatoms. The van der Waals surface area contributed by atoms with Crippen LogP contribution in [0.1, 0.15) is 44.1 Å². The highest BCUT2D eigenvalue weighted by molar-refractivity contribution is 7.92. The Labute approximate surface area is 168 Å². The number of anilines is 2. The predicted molar refractivity (Wildman–Crippen MR) is 116 cm³/mol. The number of aryl methyl sites for hydroxylation is 1. The highest BCUT2D eigenvalue weighted by Gasteiger charge is 2.11. The molecule has 2 aromatic rings. The third kappa shape index (κ3) is 7.00. The Bertz CT molecular complexity index is 862. The highest BCUT2D eigenvalue weighted by Crippen LogP contribution is 2.20. The van der Waals surface area contributed by atoms with Crippen molar-refractivity contribution in [1.82, 2.24) is 4.98 Å². The maximum Gasteiger partial charge on any atom is 0.233 e. The Morgan fingerprint density at radius 1 is 1.00 bits per heavy atom. The highest BCUT2D eigenvalue weighted by atomic mass is 32.2. The van der Waals surface area contributed by atoms with Crippen LogP contribution < -0.4 is 10.0 Å². The Hall–Kier alpha value is -2.34. The molecule has 3 rings (SSSR count). The van der Waals surface area contributed by atoms with Gasteiger partial charge in [0.2, 0.25) is 10.0 Å². The van der Waals surface area contributed by atoms with Crippen LogP contribution >= 0.6 is 0 Å². The molecule has 1 aliphatic carbocycles. The molecule has 0 atom stereocenters. The molecule has 150 valence electrons. The molecule has 0 amide bonds. The molecule has 0 saturated carbocycles. The van der Waals surface area contributed by atoms with E-state index in [1.165, 1.54) is 31.3 Å². The minimum atomic E-state index is -3.39. The van der Waals surface area contributed by atoms with Crippen LogP contribution in [0.15, 0.2) is 60.3 Å². The number of aromatic nitrogens is 1. The lowest BCUT2D eigenvalue weighted by Crippen LogP contribution is -2.18. The van der Waals surface area contributed by atoms with Crippen molar-refractivity contribution in [2.24, 2.45) is 0 Å². The molecule has 0 aliphatic heterocycles. The summed E-state index contributed by atoms with van der Waals surface area (Å²) in [4.78, 5) is 4.23. The van der Waals surface area contributed by atoms with Gasteiger partial charge in [-0.1, -0.05) is 42.0 Å². The second kappa shape index (κ2) is 10.3. The van der Waals surface area contributed by atoms with E-state index in [1.54, 1.807) is 12.3 Å². The van der Waals surface area contributed by atoms with Crippen LogP contribution in [0.4, 0.5) is 11.5 Å². The first-order valence-electron chi connectivity index (χ1n) is 10.0. The van der Waals surface area contributed by atoms with Crippen molar-refractivity contribution in [2.45, 2.75) is 44.9 Å². The Morgan fingerprint density at radius 2 is 1.86 bits per heavy atom. The van der Waals surface area contributed by atoms with Crippen LogP contribution in [0, 0.1) is 0 Å². The first-order chi connectivity index (χ1) is 13.6. The molecule has 0 radical (unpaired) electrons. The minimum Gasteiger partial charge on any atom is -0.383 e. The number of hydrogen-bond donors (Lipinski definition) is 2. The molecular formula is C22H29N3O2S. The van der Waals surface area contributed by atoms with E-state index in [0.717, 1.165) is 30.6 Å². The summed E-state index contributed by atoms with van der Waals surface area (Å²) < 4.78 is 27.1. The summed E-state index contributed by atoms with van der Waals surface area (Å²) in [6, 6.07) is 13.5. The maximum atomic E-state index is 12.2. The second-order valence-corrected chi connectivity index (χ2v) is 9.07. The van der Waals surface area contributed by atoms with E-state index in [2.05, 4.69) is 21.1 Å². The van der Waals surface area contributed by atoms with Gasteiger partial charge >= 0.3 is 0 Å². The SMILES string of the molecule is O=S(=O)(CCCc1ccccc1)Nc1ccc(NCCC2=CCCCC2)cn1. The van der Waals surface area contributed by atoms with E-state index in [0.29, 0.717) is 12.2 Å². The van der Waals surface area contributed by atoms with Gasteiger partial charge in [-0.25, -0.2) is 13.4 Å². The number of rotatable bonds is 10. The standard InChI is InChI=1S/C22H29N3O2S/c26-28(27,17-7-12-19-8-3-1-4-9-19)25-22-14-13-21(18-24-22)23-16-15-20-10-5-2-6-11-20/h1,3-4,8-10,13-14,18,23H,2,5-7,11-12,15-17H2,(H,24,25). The summed E-state index contributed by atoms with van der Waals surface area (Å²) in [7, 11) is -3.39. The molecule has 28 heavy (non-hydrogen) atoms. The van der Waals surface area contributed by atoms with Crippen LogP contribution in [0.5, 0.6) is 0 Å². The molecule has 1 heterocycles. The number of allylic oxidation sites excluding steroid dienone is 1. The molecule has 1 aromatic heterocycles. The molecule has 5 nitrogen and oxygen atoms in total. The monoisotopic (exact) mass is 399 g/mol. The van der Waals surface area contributed by atoms with Gasteiger partial charge in [0.1, 0.15) is 5.82 Å². The fourth-order valence-corrected chi connectivity index (χ4v) is 4.45. The second-order valence-electron chi connectivity index (χ2n) is 7.23. The van der Waals surface area contributed by atoms with Gasteiger partial charge in [0, 0.05) is 6.54 Å². The predicted octanol–water partition coefficient (Wildman–Crippen LogP) is 4.76. The number of pyridine rings is 1. The molecule has 0 fully saturated rings. The van der Waals surface area contributed by atoms with Crippen molar-refractivity contribution in [3.8, 4) is 0 Å². The molecule has 0 unspecified atom stereocenters. The van der Waals surface area contributed by atoms with Crippen molar-refractivity contribution < 1.29 is 8.42 Å². The van der Waals surface area contributed by atoms with Gasteiger partial charge in [-0.15, -0.1) is 0 Å². The smallest absolute Gasteiger partial charge is 0.233 e. The lowest BCUT2D eigenvalue weighted by Gasteiger charge is -2.13. The zero-order valence-corrected chi connectivity index (χ0v) is 17.0.